The molecule has 7 nitrogen and oxygen atoms in total. The lowest BCUT2D eigenvalue weighted by atomic mass is 10.1. The maximum absolute atomic E-state index is 11.3. The molecule has 0 aromatic rings. The smallest absolute Gasteiger partial charge is 0.369 e. The predicted octanol–water partition coefficient (Wildman–Crippen LogP) is 0.625. The van der Waals surface area contributed by atoms with E-state index in [1.807, 2.05) is 0 Å². The molecule has 18 heavy (non-hydrogen) atoms. The van der Waals surface area contributed by atoms with Crippen LogP contribution in [0.4, 0.5) is 0 Å². The number of nitrogens with zero attached hydrogens (tertiary/aromatic N) is 1. The summed E-state index contributed by atoms with van der Waals surface area (Å²) in [5.41, 5.74) is 0. The second-order valence-corrected chi connectivity index (χ2v) is 4.09. The first-order valence-corrected chi connectivity index (χ1v) is 5.70. The molecule has 102 valence electrons. The lowest BCUT2D eigenvalue weighted by molar-refractivity contribution is -0.321. The van der Waals surface area contributed by atoms with E-state index in [0.29, 0.717) is 25.7 Å². The van der Waals surface area contributed by atoms with Gasteiger partial charge in [0.15, 0.2) is 6.29 Å². The maximum Gasteiger partial charge on any atom is 0.369 e. The van der Waals surface area contributed by atoms with E-state index in [4.69, 9.17) is 24.9 Å². The molecular formula is C11H17NO6. The van der Waals surface area contributed by atoms with E-state index in [1.54, 1.807) is 6.07 Å². The number of unbranched alkanes of at least 4 members (excludes halogenated alkanes) is 1. The molecule has 3 unspecified atom stereocenters. The number of esters is 1. The van der Waals surface area contributed by atoms with Crippen molar-refractivity contribution in [1.82, 2.24) is 0 Å². The average molecular weight is 259 g/mol. The first-order chi connectivity index (χ1) is 8.51. The van der Waals surface area contributed by atoms with Gasteiger partial charge in [0.25, 0.3) is 5.79 Å². The zero-order valence-corrected chi connectivity index (χ0v) is 10.4. The normalized spacial score (nSPS) is 28.7. The van der Waals surface area contributed by atoms with Gasteiger partial charge in [-0.2, -0.15) is 10.1 Å². The lowest BCUT2D eigenvalue weighted by Crippen LogP contribution is -2.38. The van der Waals surface area contributed by atoms with Crippen LogP contribution in [-0.2, 0) is 24.0 Å². The largest absolute Gasteiger partial charge is 0.465 e. The van der Waals surface area contributed by atoms with Crippen LogP contribution in [0.3, 0.4) is 0 Å². The van der Waals surface area contributed by atoms with Crippen molar-refractivity contribution in [2.24, 2.45) is 0 Å². The van der Waals surface area contributed by atoms with Gasteiger partial charge < -0.3 is 14.6 Å². The Balaban J connectivity index is 2.23. The number of aliphatic hydroxyl groups excluding tert-OH is 1. The summed E-state index contributed by atoms with van der Waals surface area (Å²) in [7, 11) is 1.23. The van der Waals surface area contributed by atoms with Crippen molar-refractivity contribution in [2.45, 2.75) is 50.8 Å². The monoisotopic (exact) mass is 259 g/mol. The molecule has 1 aliphatic heterocycles. The number of hydrogen-bond donors (Lipinski definition) is 1. The van der Waals surface area contributed by atoms with E-state index in [0.717, 1.165) is 0 Å². The molecule has 0 amide bonds. The summed E-state index contributed by atoms with van der Waals surface area (Å²) in [4.78, 5) is 21.0. The topological polar surface area (TPSA) is 98.0 Å². The van der Waals surface area contributed by atoms with Crippen molar-refractivity contribution < 1.29 is 29.1 Å². The minimum atomic E-state index is -1.52. The van der Waals surface area contributed by atoms with Gasteiger partial charge in [-0.05, 0) is 19.3 Å². The Hall–Kier alpha value is -1.20. The van der Waals surface area contributed by atoms with Crippen LogP contribution in [0, 0.1) is 11.3 Å². The molecule has 7 heteroatoms. The molecule has 0 saturated carbocycles. The zero-order valence-electron chi connectivity index (χ0n) is 10.4. The van der Waals surface area contributed by atoms with Crippen molar-refractivity contribution in [2.75, 3.05) is 7.11 Å². The molecular weight excluding hydrogens is 242 g/mol. The summed E-state index contributed by atoms with van der Waals surface area (Å²) in [6.07, 6.45) is 0.667. The van der Waals surface area contributed by atoms with E-state index < -0.39 is 24.2 Å². The Morgan fingerprint density at radius 2 is 2.33 bits per heavy atom. The summed E-state index contributed by atoms with van der Waals surface area (Å²) in [6, 6.07) is 1.74. The molecule has 3 atom stereocenters. The number of hydrogen-bond acceptors (Lipinski definition) is 7. The molecule has 1 fully saturated rings. The highest BCUT2D eigenvalue weighted by atomic mass is 17.3. The van der Waals surface area contributed by atoms with Gasteiger partial charge >= 0.3 is 5.97 Å². The van der Waals surface area contributed by atoms with Gasteiger partial charge in [0.2, 0.25) is 0 Å². The van der Waals surface area contributed by atoms with Crippen LogP contribution in [0.15, 0.2) is 0 Å². The maximum atomic E-state index is 11.3. The molecule has 0 aliphatic carbocycles. The predicted molar refractivity (Wildman–Crippen MR) is 57.6 cm³/mol. The first kappa shape index (κ1) is 14.9. The molecule has 0 aromatic heterocycles. The fourth-order valence-corrected chi connectivity index (χ4v) is 1.52. The van der Waals surface area contributed by atoms with Gasteiger partial charge in [-0.1, -0.05) is 0 Å². The number of nitriles is 1. The van der Waals surface area contributed by atoms with E-state index in [1.165, 1.54) is 14.0 Å². The minimum absolute atomic E-state index is 0.401. The third kappa shape index (κ3) is 3.92. The van der Waals surface area contributed by atoms with Gasteiger partial charge in [-0.3, -0.25) is 0 Å². The number of aliphatic hydroxyl groups is 1. The highest BCUT2D eigenvalue weighted by molar-refractivity contribution is 5.77. The summed E-state index contributed by atoms with van der Waals surface area (Å²) in [5.74, 6) is -2.18. The van der Waals surface area contributed by atoms with Gasteiger partial charge in [-0.25, -0.2) is 9.68 Å². The Kier molecular flexibility index (Phi) is 5.50. The molecule has 0 radical (unpaired) electrons. The molecule has 0 aromatic carbocycles. The SMILES string of the molecule is COC(=O)C1(C)OOC(CCCCC(O)C#N)O1. The Morgan fingerprint density at radius 3 is 2.94 bits per heavy atom. The summed E-state index contributed by atoms with van der Waals surface area (Å²) < 4.78 is 9.81. The summed E-state index contributed by atoms with van der Waals surface area (Å²) in [6.45, 7) is 1.41. The Bertz CT molecular complexity index is 328. The van der Waals surface area contributed by atoms with Crippen LogP contribution in [-0.4, -0.2) is 36.4 Å². The molecule has 1 saturated heterocycles. The first-order valence-electron chi connectivity index (χ1n) is 5.70. The van der Waals surface area contributed by atoms with Gasteiger partial charge in [0, 0.05) is 13.3 Å². The lowest BCUT2D eigenvalue weighted by Gasteiger charge is -2.16. The Morgan fingerprint density at radius 1 is 1.61 bits per heavy atom. The second kappa shape index (κ2) is 6.66. The molecule has 1 heterocycles. The fourth-order valence-electron chi connectivity index (χ4n) is 1.52. The number of carbonyl (C=O) groups excluding carboxylic acids is 1. The third-order valence-electron chi connectivity index (χ3n) is 2.54. The van der Waals surface area contributed by atoms with Crippen molar-refractivity contribution in [1.29, 1.82) is 5.26 Å². The zero-order chi connectivity index (χ0) is 13.6. The summed E-state index contributed by atoms with van der Waals surface area (Å²) >= 11 is 0. The van der Waals surface area contributed by atoms with E-state index >= 15 is 0 Å². The van der Waals surface area contributed by atoms with Crippen LogP contribution in [0.5, 0.6) is 0 Å². The third-order valence-corrected chi connectivity index (χ3v) is 2.54. The van der Waals surface area contributed by atoms with Crippen molar-refractivity contribution in [3.05, 3.63) is 0 Å². The fraction of sp³-hybridized carbons (Fsp3) is 0.818. The molecule has 1 aliphatic rings. The van der Waals surface area contributed by atoms with Crippen LogP contribution < -0.4 is 0 Å². The van der Waals surface area contributed by atoms with E-state index in [9.17, 15) is 4.79 Å². The second-order valence-electron chi connectivity index (χ2n) is 4.09. The van der Waals surface area contributed by atoms with Crippen LogP contribution >= 0.6 is 0 Å². The van der Waals surface area contributed by atoms with Crippen LogP contribution in [0.2, 0.25) is 0 Å². The Labute approximate surface area is 105 Å². The number of methoxy groups -OCH3 is 1. The van der Waals surface area contributed by atoms with Gasteiger partial charge in [0.1, 0.15) is 6.10 Å². The highest BCUT2D eigenvalue weighted by Crippen LogP contribution is 2.28. The molecule has 1 rings (SSSR count). The van der Waals surface area contributed by atoms with Crippen LogP contribution in [0.1, 0.15) is 32.6 Å². The van der Waals surface area contributed by atoms with E-state index in [2.05, 4.69) is 4.74 Å². The number of carbonyl (C=O) groups is 1. The minimum Gasteiger partial charge on any atom is -0.465 e. The molecule has 1 N–H and O–H groups in total. The molecule has 0 spiro atoms. The molecule has 0 bridgehead atoms. The van der Waals surface area contributed by atoms with Crippen molar-refractivity contribution in [3.63, 3.8) is 0 Å². The van der Waals surface area contributed by atoms with Crippen molar-refractivity contribution in [3.8, 4) is 6.07 Å². The number of rotatable bonds is 6. The van der Waals surface area contributed by atoms with E-state index in [-0.39, 0.29) is 0 Å². The summed E-state index contributed by atoms with van der Waals surface area (Å²) in [5, 5.41) is 17.4. The van der Waals surface area contributed by atoms with Gasteiger partial charge in [0.05, 0.1) is 13.2 Å². The number of ether oxygens (including phenoxy) is 2. The highest BCUT2D eigenvalue weighted by Gasteiger charge is 2.47. The average Bonchev–Trinajstić information content (AvgIpc) is 2.76. The van der Waals surface area contributed by atoms with Crippen LogP contribution in [0.25, 0.3) is 0 Å². The quantitative estimate of drug-likeness (QED) is 0.323. The standard InChI is InChI=1S/C11H17NO6/c1-11(10(14)15-2)16-9(17-18-11)6-4-3-5-8(13)7-12/h8-9,13H,3-6H2,1-2H3. The van der Waals surface area contributed by atoms with Gasteiger partial charge in [-0.15, -0.1) is 0 Å². The van der Waals surface area contributed by atoms with Crippen molar-refractivity contribution >= 4 is 5.97 Å².